The van der Waals surface area contributed by atoms with Crippen LogP contribution in [0.3, 0.4) is 0 Å². The summed E-state index contributed by atoms with van der Waals surface area (Å²) < 4.78 is 0. The highest BCUT2D eigenvalue weighted by Crippen LogP contribution is 2.08. The molecule has 0 heterocycles. The van der Waals surface area contributed by atoms with Crippen molar-refractivity contribution in [3.05, 3.63) is 35.4 Å². The Balaban J connectivity index is 2.74. The Morgan fingerprint density at radius 3 is 2.69 bits per heavy atom. The van der Waals surface area contributed by atoms with E-state index < -0.39 is 6.04 Å². The fourth-order valence-electron chi connectivity index (χ4n) is 1.66. The first-order valence-corrected chi connectivity index (χ1v) is 5.64. The zero-order chi connectivity index (χ0) is 12.1. The Kier molecular flexibility index (Phi) is 4.50. The Bertz CT molecular complexity index is 361. The quantitative estimate of drug-likeness (QED) is 0.839. The number of nitrogens with zero attached hydrogens (tertiary/aromatic N) is 1. The van der Waals surface area contributed by atoms with Crippen LogP contribution in [0.5, 0.6) is 0 Å². The van der Waals surface area contributed by atoms with Gasteiger partial charge >= 0.3 is 0 Å². The average molecular weight is 220 g/mol. The first-order valence-electron chi connectivity index (χ1n) is 5.64. The van der Waals surface area contributed by atoms with Gasteiger partial charge in [-0.3, -0.25) is 4.79 Å². The van der Waals surface area contributed by atoms with Crippen LogP contribution in [0.15, 0.2) is 24.3 Å². The number of hydrogen-bond donors (Lipinski definition) is 1. The summed E-state index contributed by atoms with van der Waals surface area (Å²) in [6.45, 7) is 7.07. The van der Waals surface area contributed by atoms with Crippen molar-refractivity contribution in [3.8, 4) is 0 Å². The molecule has 2 N–H and O–H groups in total. The predicted octanol–water partition coefficient (Wildman–Crippen LogP) is 1.69. The van der Waals surface area contributed by atoms with E-state index in [0.29, 0.717) is 13.1 Å². The summed E-state index contributed by atoms with van der Waals surface area (Å²) >= 11 is 0. The standard InChI is InChI=1S/C13H20N2O/c1-4-15(13(16)11(3)14)9-12-7-5-6-10(2)8-12/h5-8,11H,4,9,14H2,1-3H3/t11-/m1/s1. The smallest absolute Gasteiger partial charge is 0.239 e. The first-order chi connectivity index (χ1) is 7.54. The molecule has 3 nitrogen and oxygen atoms in total. The summed E-state index contributed by atoms with van der Waals surface area (Å²) in [7, 11) is 0. The SMILES string of the molecule is CCN(Cc1cccc(C)c1)C(=O)[C@@H](C)N. The maximum Gasteiger partial charge on any atom is 0.239 e. The summed E-state index contributed by atoms with van der Waals surface area (Å²) in [6.07, 6.45) is 0. The van der Waals surface area contributed by atoms with Gasteiger partial charge in [0.05, 0.1) is 6.04 Å². The predicted molar refractivity (Wildman–Crippen MR) is 65.9 cm³/mol. The van der Waals surface area contributed by atoms with Crippen LogP contribution in [0.4, 0.5) is 0 Å². The lowest BCUT2D eigenvalue weighted by molar-refractivity contribution is -0.132. The Labute approximate surface area is 97.2 Å². The molecule has 1 amide bonds. The maximum absolute atomic E-state index is 11.8. The van der Waals surface area contributed by atoms with Gasteiger partial charge in [0, 0.05) is 13.1 Å². The Hall–Kier alpha value is -1.35. The van der Waals surface area contributed by atoms with Crippen molar-refractivity contribution < 1.29 is 4.79 Å². The van der Waals surface area contributed by atoms with Crippen LogP contribution in [0.1, 0.15) is 25.0 Å². The Morgan fingerprint density at radius 2 is 2.19 bits per heavy atom. The minimum absolute atomic E-state index is 0.00371. The molecule has 0 saturated heterocycles. The van der Waals surface area contributed by atoms with Crippen molar-refractivity contribution in [3.63, 3.8) is 0 Å². The molecular formula is C13H20N2O. The van der Waals surface area contributed by atoms with Crippen molar-refractivity contribution in [2.45, 2.75) is 33.4 Å². The minimum Gasteiger partial charge on any atom is -0.337 e. The van der Waals surface area contributed by atoms with Gasteiger partial charge in [-0.1, -0.05) is 29.8 Å². The van der Waals surface area contributed by atoms with Crippen LogP contribution in [-0.2, 0) is 11.3 Å². The van der Waals surface area contributed by atoms with Gasteiger partial charge in [0.25, 0.3) is 0 Å². The van der Waals surface area contributed by atoms with Gasteiger partial charge in [-0.2, -0.15) is 0 Å². The molecule has 3 heteroatoms. The van der Waals surface area contributed by atoms with Gasteiger partial charge in [-0.15, -0.1) is 0 Å². The molecule has 0 fully saturated rings. The van der Waals surface area contributed by atoms with Crippen molar-refractivity contribution in [1.82, 2.24) is 4.90 Å². The highest BCUT2D eigenvalue weighted by Gasteiger charge is 2.15. The monoisotopic (exact) mass is 220 g/mol. The molecule has 0 aliphatic heterocycles. The summed E-state index contributed by atoms with van der Waals surface area (Å²) in [6, 6.07) is 7.76. The lowest BCUT2D eigenvalue weighted by atomic mass is 10.1. The van der Waals surface area contributed by atoms with Gasteiger partial charge in [-0.05, 0) is 26.3 Å². The van der Waals surface area contributed by atoms with Gasteiger partial charge in [0.2, 0.25) is 5.91 Å². The van der Waals surface area contributed by atoms with Crippen LogP contribution in [0, 0.1) is 6.92 Å². The topological polar surface area (TPSA) is 46.3 Å². The second-order valence-electron chi connectivity index (χ2n) is 4.13. The van der Waals surface area contributed by atoms with Gasteiger partial charge in [-0.25, -0.2) is 0 Å². The number of nitrogens with two attached hydrogens (primary N) is 1. The average Bonchev–Trinajstić information content (AvgIpc) is 2.25. The lowest BCUT2D eigenvalue weighted by Gasteiger charge is -2.23. The first kappa shape index (κ1) is 12.7. The second kappa shape index (κ2) is 5.66. The summed E-state index contributed by atoms with van der Waals surface area (Å²) in [5.74, 6) is 0.00371. The van der Waals surface area contributed by atoms with Crippen LogP contribution >= 0.6 is 0 Å². The molecule has 0 saturated carbocycles. The number of amides is 1. The summed E-state index contributed by atoms with van der Waals surface area (Å²) in [5, 5.41) is 0. The van der Waals surface area contributed by atoms with Crippen molar-refractivity contribution in [1.29, 1.82) is 0 Å². The molecule has 1 atom stereocenters. The van der Waals surface area contributed by atoms with Crippen LogP contribution in [0.2, 0.25) is 0 Å². The fraction of sp³-hybridized carbons (Fsp3) is 0.462. The minimum atomic E-state index is -0.426. The molecule has 88 valence electrons. The summed E-state index contributed by atoms with van der Waals surface area (Å²) in [5.41, 5.74) is 7.96. The van der Waals surface area contributed by atoms with E-state index in [-0.39, 0.29) is 5.91 Å². The number of likely N-dealkylation sites (N-methyl/N-ethyl adjacent to an activating group) is 1. The fourth-order valence-corrected chi connectivity index (χ4v) is 1.66. The van der Waals surface area contributed by atoms with Crippen LogP contribution < -0.4 is 5.73 Å². The third-order valence-electron chi connectivity index (χ3n) is 2.54. The van der Waals surface area contributed by atoms with Crippen LogP contribution in [-0.4, -0.2) is 23.4 Å². The van der Waals surface area contributed by atoms with E-state index in [1.54, 1.807) is 11.8 Å². The molecule has 0 aromatic heterocycles. The molecule has 0 aliphatic rings. The number of rotatable bonds is 4. The molecule has 1 aromatic carbocycles. The number of benzene rings is 1. The molecule has 1 aromatic rings. The van der Waals surface area contributed by atoms with E-state index in [4.69, 9.17) is 5.73 Å². The Morgan fingerprint density at radius 1 is 1.50 bits per heavy atom. The van der Waals surface area contributed by atoms with Gasteiger partial charge in [0.15, 0.2) is 0 Å². The van der Waals surface area contributed by atoms with E-state index in [9.17, 15) is 4.79 Å². The highest BCUT2D eigenvalue weighted by atomic mass is 16.2. The molecule has 0 radical (unpaired) electrons. The number of carbonyl (C=O) groups is 1. The largest absolute Gasteiger partial charge is 0.337 e. The number of carbonyl (C=O) groups excluding carboxylic acids is 1. The van der Waals surface area contributed by atoms with Gasteiger partial charge < -0.3 is 10.6 Å². The molecule has 0 bridgehead atoms. The van der Waals surface area contributed by atoms with Gasteiger partial charge in [0.1, 0.15) is 0 Å². The van der Waals surface area contributed by atoms with E-state index in [1.165, 1.54) is 5.56 Å². The maximum atomic E-state index is 11.8. The van der Waals surface area contributed by atoms with E-state index in [2.05, 4.69) is 6.07 Å². The lowest BCUT2D eigenvalue weighted by Crippen LogP contribution is -2.41. The summed E-state index contributed by atoms with van der Waals surface area (Å²) in [4.78, 5) is 13.5. The molecule has 0 unspecified atom stereocenters. The molecular weight excluding hydrogens is 200 g/mol. The molecule has 16 heavy (non-hydrogen) atoms. The van der Waals surface area contributed by atoms with Crippen molar-refractivity contribution >= 4 is 5.91 Å². The van der Waals surface area contributed by atoms with E-state index in [1.807, 2.05) is 32.0 Å². The molecule has 0 aliphatic carbocycles. The zero-order valence-corrected chi connectivity index (χ0v) is 10.2. The number of hydrogen-bond acceptors (Lipinski definition) is 2. The van der Waals surface area contributed by atoms with Crippen molar-refractivity contribution in [2.75, 3.05) is 6.54 Å². The zero-order valence-electron chi connectivity index (χ0n) is 10.2. The highest BCUT2D eigenvalue weighted by molar-refractivity contribution is 5.81. The molecule has 0 spiro atoms. The van der Waals surface area contributed by atoms with Crippen LogP contribution in [0.25, 0.3) is 0 Å². The number of aryl methyl sites for hydroxylation is 1. The van der Waals surface area contributed by atoms with E-state index >= 15 is 0 Å². The normalized spacial score (nSPS) is 12.2. The third kappa shape index (κ3) is 3.35. The third-order valence-corrected chi connectivity index (χ3v) is 2.54. The van der Waals surface area contributed by atoms with Crippen molar-refractivity contribution in [2.24, 2.45) is 5.73 Å². The molecule has 1 rings (SSSR count). The second-order valence-corrected chi connectivity index (χ2v) is 4.13. The van der Waals surface area contributed by atoms with E-state index in [0.717, 1.165) is 5.56 Å².